The van der Waals surface area contributed by atoms with E-state index in [2.05, 4.69) is 0 Å². The van der Waals surface area contributed by atoms with E-state index in [0.717, 1.165) is 0 Å². The number of carbonyl (C=O) groups is 2. The van der Waals surface area contributed by atoms with Crippen LogP contribution in [0, 0.1) is 0 Å². The first-order valence-electron chi connectivity index (χ1n) is 4.92. The molecule has 0 unspecified atom stereocenters. The summed E-state index contributed by atoms with van der Waals surface area (Å²) in [7, 11) is 4.83. The van der Waals surface area contributed by atoms with Crippen molar-refractivity contribution in [3.8, 4) is 0 Å². The number of benzene rings is 1. The molecule has 0 spiro atoms. The van der Waals surface area contributed by atoms with Crippen LogP contribution in [0.1, 0.15) is 10.4 Å². The third-order valence-corrected chi connectivity index (χ3v) is 2.31. The van der Waals surface area contributed by atoms with E-state index in [0.29, 0.717) is 5.69 Å². The van der Waals surface area contributed by atoms with Gasteiger partial charge >= 0.3 is 12.0 Å². The van der Waals surface area contributed by atoms with Gasteiger partial charge in [0.1, 0.15) is 0 Å². The maximum absolute atomic E-state index is 11.7. The topological polar surface area (TPSA) is 86.9 Å². The Morgan fingerprint density at radius 2 is 1.82 bits per heavy atom. The highest BCUT2D eigenvalue weighted by Gasteiger charge is 2.16. The molecule has 3 N–H and O–H groups in total. The van der Waals surface area contributed by atoms with Crippen LogP contribution in [-0.2, 0) is 0 Å². The van der Waals surface area contributed by atoms with Crippen molar-refractivity contribution in [1.29, 1.82) is 0 Å². The van der Waals surface area contributed by atoms with Gasteiger partial charge in [0.25, 0.3) is 0 Å². The number of hydrogen-bond acceptors (Lipinski definition) is 3. The van der Waals surface area contributed by atoms with Crippen molar-refractivity contribution in [2.45, 2.75) is 0 Å². The molecule has 17 heavy (non-hydrogen) atoms. The maximum atomic E-state index is 11.7. The number of urea groups is 1. The number of aromatic carboxylic acids is 1. The molecule has 0 bridgehead atoms. The number of hydrogen-bond donors (Lipinski definition) is 2. The molecule has 1 aromatic rings. The molecule has 0 aromatic heterocycles. The molecule has 1 aromatic carbocycles. The standard InChI is InChI=1S/C11H15N3O3/c1-13(2)11(17)14(3)9-5-4-7(10(15)16)6-8(9)12/h4-6H,12H2,1-3H3,(H,15,16). The van der Waals surface area contributed by atoms with Crippen LogP contribution >= 0.6 is 0 Å². The Kier molecular flexibility index (Phi) is 3.57. The fourth-order valence-electron chi connectivity index (χ4n) is 1.40. The lowest BCUT2D eigenvalue weighted by molar-refractivity contribution is 0.0697. The lowest BCUT2D eigenvalue weighted by Crippen LogP contribution is -2.36. The van der Waals surface area contributed by atoms with Gasteiger partial charge in [0.2, 0.25) is 0 Å². The minimum Gasteiger partial charge on any atom is -0.478 e. The van der Waals surface area contributed by atoms with Crippen LogP contribution in [0.15, 0.2) is 18.2 Å². The van der Waals surface area contributed by atoms with Gasteiger partial charge in [-0.2, -0.15) is 0 Å². The predicted molar refractivity (Wildman–Crippen MR) is 65.3 cm³/mol. The lowest BCUT2D eigenvalue weighted by atomic mass is 10.1. The van der Waals surface area contributed by atoms with Crippen molar-refractivity contribution in [3.63, 3.8) is 0 Å². The number of nitrogens with two attached hydrogens (primary N) is 1. The highest BCUT2D eigenvalue weighted by Crippen LogP contribution is 2.24. The zero-order chi connectivity index (χ0) is 13.2. The first kappa shape index (κ1) is 12.8. The van der Waals surface area contributed by atoms with Crippen molar-refractivity contribution >= 4 is 23.4 Å². The van der Waals surface area contributed by atoms with Crippen LogP contribution in [0.4, 0.5) is 16.2 Å². The molecule has 2 amide bonds. The van der Waals surface area contributed by atoms with Crippen LogP contribution in [0.25, 0.3) is 0 Å². The molecule has 0 aliphatic rings. The Hall–Kier alpha value is -2.24. The van der Waals surface area contributed by atoms with Crippen LogP contribution in [0.2, 0.25) is 0 Å². The van der Waals surface area contributed by atoms with Gasteiger partial charge in [-0.3, -0.25) is 4.90 Å². The molecule has 92 valence electrons. The molecule has 0 saturated carbocycles. The van der Waals surface area contributed by atoms with Crippen molar-refractivity contribution in [2.24, 2.45) is 0 Å². The van der Waals surface area contributed by atoms with Crippen molar-refractivity contribution in [2.75, 3.05) is 31.8 Å². The molecule has 6 nitrogen and oxygen atoms in total. The highest BCUT2D eigenvalue weighted by atomic mass is 16.4. The molecule has 0 fully saturated rings. The minimum atomic E-state index is -1.05. The first-order chi connectivity index (χ1) is 7.84. The molecule has 0 aliphatic carbocycles. The maximum Gasteiger partial charge on any atom is 0.335 e. The zero-order valence-electron chi connectivity index (χ0n) is 9.97. The van der Waals surface area contributed by atoms with E-state index in [1.165, 1.54) is 28.0 Å². The van der Waals surface area contributed by atoms with Crippen LogP contribution in [-0.4, -0.2) is 43.1 Å². The molecular weight excluding hydrogens is 222 g/mol. The summed E-state index contributed by atoms with van der Waals surface area (Å²) >= 11 is 0. The van der Waals surface area contributed by atoms with E-state index >= 15 is 0 Å². The average molecular weight is 237 g/mol. The van der Waals surface area contributed by atoms with Gasteiger partial charge in [0, 0.05) is 21.1 Å². The van der Waals surface area contributed by atoms with Crippen molar-refractivity contribution < 1.29 is 14.7 Å². The van der Waals surface area contributed by atoms with Gasteiger partial charge in [-0.1, -0.05) is 0 Å². The van der Waals surface area contributed by atoms with E-state index in [-0.39, 0.29) is 17.3 Å². The second-order valence-corrected chi connectivity index (χ2v) is 3.81. The molecule has 0 atom stereocenters. The van der Waals surface area contributed by atoms with Gasteiger partial charge in [-0.25, -0.2) is 9.59 Å². The number of carbonyl (C=O) groups excluding carboxylic acids is 1. The van der Waals surface area contributed by atoms with E-state index < -0.39 is 5.97 Å². The second-order valence-electron chi connectivity index (χ2n) is 3.81. The fraction of sp³-hybridized carbons (Fsp3) is 0.273. The summed E-state index contributed by atoms with van der Waals surface area (Å²) in [5.74, 6) is -1.05. The van der Waals surface area contributed by atoms with Gasteiger partial charge in [0.05, 0.1) is 16.9 Å². The largest absolute Gasteiger partial charge is 0.478 e. The van der Waals surface area contributed by atoms with E-state index in [9.17, 15) is 9.59 Å². The second kappa shape index (κ2) is 4.73. The smallest absolute Gasteiger partial charge is 0.335 e. The SMILES string of the molecule is CN(C)C(=O)N(C)c1ccc(C(=O)O)cc1N. The fourth-order valence-corrected chi connectivity index (χ4v) is 1.40. The van der Waals surface area contributed by atoms with Crippen LogP contribution in [0.3, 0.4) is 0 Å². The summed E-state index contributed by atoms with van der Waals surface area (Å²) in [6.07, 6.45) is 0. The lowest BCUT2D eigenvalue weighted by Gasteiger charge is -2.23. The zero-order valence-corrected chi connectivity index (χ0v) is 9.97. The number of amides is 2. The summed E-state index contributed by atoms with van der Waals surface area (Å²) in [5.41, 5.74) is 6.55. The summed E-state index contributed by atoms with van der Waals surface area (Å²) in [6, 6.07) is 4.02. The first-order valence-corrected chi connectivity index (χ1v) is 4.92. The average Bonchev–Trinajstić information content (AvgIpc) is 2.26. The Bertz CT molecular complexity index is 457. The van der Waals surface area contributed by atoms with E-state index in [1.54, 1.807) is 21.1 Å². The van der Waals surface area contributed by atoms with E-state index in [1.807, 2.05) is 0 Å². The monoisotopic (exact) mass is 237 g/mol. The molecule has 0 heterocycles. The van der Waals surface area contributed by atoms with E-state index in [4.69, 9.17) is 10.8 Å². The molecular formula is C11H15N3O3. The molecule has 0 radical (unpaired) electrons. The van der Waals surface area contributed by atoms with Gasteiger partial charge < -0.3 is 15.7 Å². The van der Waals surface area contributed by atoms with Gasteiger partial charge in [-0.15, -0.1) is 0 Å². The quantitative estimate of drug-likeness (QED) is 0.753. The minimum absolute atomic E-state index is 0.0944. The number of carboxylic acid groups (broad SMARTS) is 1. The van der Waals surface area contributed by atoms with Gasteiger partial charge in [0.15, 0.2) is 0 Å². The Morgan fingerprint density at radius 3 is 2.24 bits per heavy atom. The predicted octanol–water partition coefficient (Wildman–Crippen LogP) is 1.08. The number of nitrogen functional groups attached to an aromatic ring is 1. The van der Waals surface area contributed by atoms with Crippen molar-refractivity contribution in [1.82, 2.24) is 4.90 Å². The number of nitrogens with zero attached hydrogens (tertiary/aromatic N) is 2. The van der Waals surface area contributed by atoms with Crippen molar-refractivity contribution in [3.05, 3.63) is 23.8 Å². The molecule has 1 rings (SSSR count). The molecule has 0 saturated heterocycles. The summed E-state index contributed by atoms with van der Waals surface area (Å²) in [4.78, 5) is 25.2. The summed E-state index contributed by atoms with van der Waals surface area (Å²) < 4.78 is 0. The Labute approximate surface area is 99.2 Å². The van der Waals surface area contributed by atoms with Crippen LogP contribution < -0.4 is 10.6 Å². The number of carboxylic acids is 1. The third-order valence-electron chi connectivity index (χ3n) is 2.31. The van der Waals surface area contributed by atoms with Crippen LogP contribution in [0.5, 0.6) is 0 Å². The number of rotatable bonds is 2. The summed E-state index contributed by atoms with van der Waals surface area (Å²) in [6.45, 7) is 0. The molecule has 0 aliphatic heterocycles. The number of anilines is 2. The Balaban J connectivity index is 3.08. The third kappa shape index (κ3) is 2.66. The highest BCUT2D eigenvalue weighted by molar-refractivity contribution is 5.96. The van der Waals surface area contributed by atoms with Gasteiger partial charge in [-0.05, 0) is 18.2 Å². The molecule has 6 heteroatoms. The Morgan fingerprint density at radius 1 is 1.24 bits per heavy atom. The summed E-state index contributed by atoms with van der Waals surface area (Å²) in [5, 5.41) is 8.79. The normalized spacial score (nSPS) is 9.82.